The van der Waals surface area contributed by atoms with E-state index in [1.54, 1.807) is 19.1 Å². The predicted molar refractivity (Wildman–Crippen MR) is 58.4 cm³/mol. The smallest absolute Gasteiger partial charge is 0.229 e. The largest absolute Gasteiger partial charge is 0.496 e. The lowest BCUT2D eigenvalue weighted by atomic mass is 10.0. The van der Waals surface area contributed by atoms with E-state index in [2.05, 4.69) is 0 Å². The van der Waals surface area contributed by atoms with E-state index in [4.69, 9.17) is 4.74 Å². The fourth-order valence-electron chi connectivity index (χ4n) is 1.55. The van der Waals surface area contributed by atoms with Crippen molar-refractivity contribution < 1.29 is 14.5 Å². The Balaban J connectivity index is 3.30. The molecule has 5 nitrogen and oxygen atoms in total. The van der Waals surface area contributed by atoms with E-state index in [0.717, 1.165) is 5.56 Å². The number of ether oxygens (including phenoxy) is 1. The fraction of sp³-hybridized carbons (Fsp3) is 0.364. The zero-order valence-corrected chi connectivity index (χ0v) is 9.44. The molecule has 0 saturated carbocycles. The molecule has 0 amide bonds. The van der Waals surface area contributed by atoms with Crippen LogP contribution in [0.5, 0.6) is 5.75 Å². The van der Waals surface area contributed by atoms with Crippen molar-refractivity contribution in [2.75, 3.05) is 7.11 Å². The van der Waals surface area contributed by atoms with Crippen LogP contribution in [0.4, 0.5) is 0 Å². The van der Waals surface area contributed by atoms with E-state index in [0.29, 0.717) is 16.9 Å². The summed E-state index contributed by atoms with van der Waals surface area (Å²) >= 11 is 0. The monoisotopic (exact) mass is 223 g/mol. The molecule has 1 rings (SSSR count). The highest BCUT2D eigenvalue weighted by Crippen LogP contribution is 2.23. The van der Waals surface area contributed by atoms with E-state index in [1.165, 1.54) is 14.0 Å². The lowest BCUT2D eigenvalue weighted by Crippen LogP contribution is -2.07. The van der Waals surface area contributed by atoms with Gasteiger partial charge in [-0.05, 0) is 31.5 Å². The summed E-state index contributed by atoms with van der Waals surface area (Å²) in [7, 11) is 1.49. The van der Waals surface area contributed by atoms with Crippen molar-refractivity contribution in [1.29, 1.82) is 0 Å². The number of methoxy groups -OCH3 is 1. The molecule has 0 radical (unpaired) electrons. The zero-order chi connectivity index (χ0) is 12.3. The maximum atomic E-state index is 11.3. The van der Waals surface area contributed by atoms with Crippen LogP contribution < -0.4 is 4.74 Å². The molecule has 1 aromatic carbocycles. The second-order valence-corrected chi connectivity index (χ2v) is 3.53. The van der Waals surface area contributed by atoms with Gasteiger partial charge in [0, 0.05) is 16.1 Å². The fourth-order valence-corrected chi connectivity index (χ4v) is 1.55. The van der Waals surface area contributed by atoms with Crippen LogP contribution in [0.2, 0.25) is 0 Å². The number of ketones is 1. The van der Waals surface area contributed by atoms with E-state index in [-0.39, 0.29) is 12.3 Å². The van der Waals surface area contributed by atoms with Crippen LogP contribution in [-0.2, 0) is 6.54 Å². The first kappa shape index (κ1) is 12.2. The topological polar surface area (TPSA) is 69.4 Å². The number of nitrogens with zero attached hydrogens (tertiary/aromatic N) is 1. The van der Waals surface area contributed by atoms with E-state index >= 15 is 0 Å². The number of carbonyl (C=O) groups is 1. The molecule has 0 aliphatic heterocycles. The summed E-state index contributed by atoms with van der Waals surface area (Å²) < 4.78 is 5.07. The first-order chi connectivity index (χ1) is 7.45. The van der Waals surface area contributed by atoms with E-state index in [9.17, 15) is 14.9 Å². The third kappa shape index (κ3) is 2.56. The average Bonchev–Trinajstić information content (AvgIpc) is 2.19. The molecule has 86 valence electrons. The van der Waals surface area contributed by atoms with Gasteiger partial charge in [-0.25, -0.2) is 0 Å². The lowest BCUT2D eigenvalue weighted by Gasteiger charge is -2.09. The van der Waals surface area contributed by atoms with E-state index in [1.807, 2.05) is 0 Å². The lowest BCUT2D eigenvalue weighted by molar-refractivity contribution is -0.496. The van der Waals surface area contributed by atoms with Crippen LogP contribution in [0.15, 0.2) is 12.1 Å². The van der Waals surface area contributed by atoms with Crippen molar-refractivity contribution in [2.45, 2.75) is 20.4 Å². The molecule has 0 aliphatic carbocycles. The number of hydrogen-bond acceptors (Lipinski definition) is 4. The first-order valence-electron chi connectivity index (χ1n) is 4.76. The van der Waals surface area contributed by atoms with Crippen molar-refractivity contribution in [3.05, 3.63) is 38.9 Å². The summed E-state index contributed by atoms with van der Waals surface area (Å²) in [5, 5.41) is 10.5. The van der Waals surface area contributed by atoms with Crippen LogP contribution in [0, 0.1) is 17.0 Å². The summed E-state index contributed by atoms with van der Waals surface area (Å²) in [6, 6.07) is 3.18. The number of hydrogen-bond donors (Lipinski definition) is 0. The molecule has 0 atom stereocenters. The molecule has 0 bridgehead atoms. The minimum atomic E-state index is -0.462. The van der Waals surface area contributed by atoms with Gasteiger partial charge < -0.3 is 4.74 Å². The third-order valence-electron chi connectivity index (χ3n) is 2.30. The van der Waals surface area contributed by atoms with Gasteiger partial charge in [0.1, 0.15) is 5.75 Å². The Kier molecular flexibility index (Phi) is 3.60. The zero-order valence-electron chi connectivity index (χ0n) is 9.44. The molecule has 0 heterocycles. The Morgan fingerprint density at radius 1 is 1.50 bits per heavy atom. The molecule has 0 N–H and O–H groups in total. The average molecular weight is 223 g/mol. The van der Waals surface area contributed by atoms with Crippen molar-refractivity contribution in [2.24, 2.45) is 0 Å². The van der Waals surface area contributed by atoms with Crippen LogP contribution in [0.1, 0.15) is 28.4 Å². The highest BCUT2D eigenvalue weighted by atomic mass is 16.6. The Bertz CT molecular complexity index is 440. The van der Waals surface area contributed by atoms with Crippen molar-refractivity contribution in [1.82, 2.24) is 0 Å². The molecule has 0 aromatic heterocycles. The van der Waals surface area contributed by atoms with Crippen LogP contribution >= 0.6 is 0 Å². The molecule has 1 aromatic rings. The van der Waals surface area contributed by atoms with Crippen molar-refractivity contribution in [3.63, 3.8) is 0 Å². The SMILES string of the molecule is COc1cc(C[N+](=O)[O-])c(C(C)=O)cc1C. The second-order valence-electron chi connectivity index (χ2n) is 3.53. The number of carbonyl (C=O) groups excluding carboxylic acids is 1. The molecule has 0 fully saturated rings. The van der Waals surface area contributed by atoms with Crippen LogP contribution in [-0.4, -0.2) is 17.8 Å². The molecule has 0 saturated heterocycles. The molecule has 0 spiro atoms. The number of rotatable bonds is 4. The molecule has 0 unspecified atom stereocenters. The first-order valence-corrected chi connectivity index (χ1v) is 4.76. The number of aryl methyl sites for hydroxylation is 1. The minimum Gasteiger partial charge on any atom is -0.496 e. The highest BCUT2D eigenvalue weighted by molar-refractivity contribution is 5.96. The number of benzene rings is 1. The predicted octanol–water partition coefficient (Wildman–Crippen LogP) is 1.98. The summed E-state index contributed by atoms with van der Waals surface area (Å²) in [4.78, 5) is 21.4. The maximum Gasteiger partial charge on any atom is 0.229 e. The van der Waals surface area contributed by atoms with Gasteiger partial charge in [-0.3, -0.25) is 14.9 Å². The van der Waals surface area contributed by atoms with Gasteiger partial charge in [0.2, 0.25) is 6.54 Å². The molecular formula is C11H13NO4. The van der Waals surface area contributed by atoms with Crippen molar-refractivity contribution in [3.8, 4) is 5.75 Å². The van der Waals surface area contributed by atoms with Gasteiger partial charge >= 0.3 is 0 Å². The molecule has 16 heavy (non-hydrogen) atoms. The molecule has 5 heteroatoms. The van der Waals surface area contributed by atoms with Crippen LogP contribution in [0.3, 0.4) is 0 Å². The van der Waals surface area contributed by atoms with Gasteiger partial charge in [0.15, 0.2) is 5.78 Å². The third-order valence-corrected chi connectivity index (χ3v) is 2.30. The number of Topliss-reactive ketones (excluding diaryl/α,β-unsaturated/α-hetero) is 1. The minimum absolute atomic E-state index is 0.178. The molecule has 0 aliphatic rings. The Hall–Kier alpha value is -1.91. The normalized spacial score (nSPS) is 9.94. The quantitative estimate of drug-likeness (QED) is 0.444. The molecular weight excluding hydrogens is 210 g/mol. The summed E-state index contributed by atoms with van der Waals surface area (Å²) in [6.07, 6.45) is 0. The van der Waals surface area contributed by atoms with Gasteiger partial charge in [-0.1, -0.05) is 0 Å². The van der Waals surface area contributed by atoms with Crippen molar-refractivity contribution >= 4 is 5.78 Å². The summed E-state index contributed by atoms with van der Waals surface area (Å²) in [5.41, 5.74) is 1.56. The highest BCUT2D eigenvalue weighted by Gasteiger charge is 2.15. The van der Waals surface area contributed by atoms with Gasteiger partial charge in [0.25, 0.3) is 0 Å². The number of nitro groups is 1. The standard InChI is InChI=1S/C11H13NO4/c1-7-4-10(8(2)13)9(6-12(14)15)5-11(7)16-3/h4-5H,6H2,1-3H3. The van der Waals surface area contributed by atoms with Gasteiger partial charge in [-0.2, -0.15) is 0 Å². The Labute approximate surface area is 93.2 Å². The second kappa shape index (κ2) is 4.74. The summed E-state index contributed by atoms with van der Waals surface area (Å²) in [6.45, 7) is 2.82. The van der Waals surface area contributed by atoms with Crippen LogP contribution in [0.25, 0.3) is 0 Å². The van der Waals surface area contributed by atoms with E-state index < -0.39 is 4.92 Å². The Morgan fingerprint density at radius 3 is 2.56 bits per heavy atom. The summed E-state index contributed by atoms with van der Waals surface area (Å²) in [5.74, 6) is 0.379. The Morgan fingerprint density at radius 2 is 2.12 bits per heavy atom. The van der Waals surface area contributed by atoms with Gasteiger partial charge in [-0.15, -0.1) is 0 Å². The van der Waals surface area contributed by atoms with Gasteiger partial charge in [0.05, 0.1) is 7.11 Å². The maximum absolute atomic E-state index is 11.3.